The number of carbonyl (C=O) groups excluding carboxylic acids is 2. The molecule has 0 N–H and O–H groups in total. The Bertz CT molecular complexity index is 405. The molecule has 1 aliphatic heterocycles. The number of rotatable bonds is 6. The van der Waals surface area contributed by atoms with Gasteiger partial charge in [0.1, 0.15) is 6.10 Å². The molecule has 7 heteroatoms. The maximum Gasteiger partial charge on any atom is 0.303 e. The van der Waals surface area contributed by atoms with Gasteiger partial charge >= 0.3 is 11.9 Å². The van der Waals surface area contributed by atoms with Gasteiger partial charge in [0.05, 0.1) is 12.2 Å². The van der Waals surface area contributed by atoms with Gasteiger partial charge in [0.25, 0.3) is 0 Å². The monoisotopic (exact) mass is 299 g/mol. The van der Waals surface area contributed by atoms with Crippen LogP contribution in [0.1, 0.15) is 39.5 Å². The van der Waals surface area contributed by atoms with Crippen LogP contribution in [0.5, 0.6) is 0 Å². The van der Waals surface area contributed by atoms with Crippen molar-refractivity contribution in [3.05, 3.63) is 0 Å². The third-order valence-corrected chi connectivity index (χ3v) is 3.12. The summed E-state index contributed by atoms with van der Waals surface area (Å²) in [6.45, 7) is 2.57. The summed E-state index contributed by atoms with van der Waals surface area (Å²) in [6, 6.07) is 2.07. The van der Waals surface area contributed by atoms with Crippen molar-refractivity contribution in [2.75, 3.05) is 7.11 Å². The molecule has 21 heavy (non-hydrogen) atoms. The average Bonchev–Trinajstić information content (AvgIpc) is 2.40. The number of carbonyl (C=O) groups is 2. The van der Waals surface area contributed by atoms with Crippen molar-refractivity contribution in [2.45, 2.75) is 64.1 Å². The lowest BCUT2D eigenvalue weighted by Crippen LogP contribution is -2.52. The predicted molar refractivity (Wildman–Crippen MR) is 70.9 cm³/mol. The van der Waals surface area contributed by atoms with Crippen molar-refractivity contribution in [1.29, 1.82) is 5.26 Å². The normalized spacial score (nSPS) is 28.5. The Kier molecular flexibility index (Phi) is 7.12. The Hall–Kier alpha value is -1.65. The van der Waals surface area contributed by atoms with E-state index in [-0.39, 0.29) is 6.10 Å². The molecule has 0 unspecified atom stereocenters. The lowest BCUT2D eigenvalue weighted by Gasteiger charge is -2.39. The van der Waals surface area contributed by atoms with Crippen LogP contribution >= 0.6 is 0 Å². The van der Waals surface area contributed by atoms with Crippen LogP contribution in [-0.2, 0) is 28.5 Å². The molecule has 118 valence electrons. The van der Waals surface area contributed by atoms with Crippen molar-refractivity contribution in [3.8, 4) is 6.07 Å². The fourth-order valence-electron chi connectivity index (χ4n) is 2.33. The van der Waals surface area contributed by atoms with Crippen LogP contribution in [0.4, 0.5) is 0 Å². The molecule has 1 saturated heterocycles. The molecule has 0 radical (unpaired) electrons. The van der Waals surface area contributed by atoms with Crippen LogP contribution < -0.4 is 0 Å². The van der Waals surface area contributed by atoms with Gasteiger partial charge in [-0.1, -0.05) is 0 Å². The fourth-order valence-corrected chi connectivity index (χ4v) is 2.33. The molecule has 1 heterocycles. The van der Waals surface area contributed by atoms with Crippen LogP contribution in [0.15, 0.2) is 0 Å². The minimum Gasteiger partial charge on any atom is -0.458 e. The fraction of sp³-hybridized carbons (Fsp3) is 0.786. The number of unbranched alkanes of at least 4 members (excludes halogenated alkanes) is 1. The summed E-state index contributed by atoms with van der Waals surface area (Å²) < 4.78 is 21.3. The lowest BCUT2D eigenvalue weighted by molar-refractivity contribution is -0.268. The second-order valence-corrected chi connectivity index (χ2v) is 4.87. The number of esters is 2. The third-order valence-electron chi connectivity index (χ3n) is 3.12. The van der Waals surface area contributed by atoms with Crippen LogP contribution in [0.2, 0.25) is 0 Å². The van der Waals surface area contributed by atoms with Crippen molar-refractivity contribution in [1.82, 2.24) is 0 Å². The molecule has 0 aromatic heterocycles. The largest absolute Gasteiger partial charge is 0.458 e. The quantitative estimate of drug-likeness (QED) is 0.539. The van der Waals surface area contributed by atoms with Gasteiger partial charge < -0.3 is 18.9 Å². The minimum atomic E-state index is -0.793. The zero-order chi connectivity index (χ0) is 15.8. The van der Waals surface area contributed by atoms with E-state index in [1.54, 1.807) is 0 Å². The van der Waals surface area contributed by atoms with Gasteiger partial charge in [-0.05, 0) is 12.8 Å². The van der Waals surface area contributed by atoms with E-state index in [1.807, 2.05) is 0 Å². The van der Waals surface area contributed by atoms with E-state index < -0.39 is 30.4 Å². The number of nitrogens with zero attached hydrogens (tertiary/aromatic N) is 1. The maximum atomic E-state index is 11.2. The Balaban J connectivity index is 2.75. The van der Waals surface area contributed by atoms with Gasteiger partial charge in [0.2, 0.25) is 0 Å². The second-order valence-electron chi connectivity index (χ2n) is 4.87. The summed E-state index contributed by atoms with van der Waals surface area (Å²) in [5.74, 6) is -0.949. The molecule has 1 aliphatic rings. The minimum absolute atomic E-state index is 0.209. The van der Waals surface area contributed by atoms with Crippen molar-refractivity contribution >= 4 is 11.9 Å². The highest BCUT2D eigenvalue weighted by Crippen LogP contribution is 2.28. The zero-order valence-electron chi connectivity index (χ0n) is 12.5. The summed E-state index contributed by atoms with van der Waals surface area (Å²) in [5, 5.41) is 8.56. The van der Waals surface area contributed by atoms with Crippen LogP contribution in [0, 0.1) is 11.3 Å². The first-order valence-corrected chi connectivity index (χ1v) is 6.87. The van der Waals surface area contributed by atoms with Crippen molar-refractivity contribution < 1.29 is 28.5 Å². The molecule has 0 saturated carbocycles. The molecule has 0 aromatic carbocycles. The molecule has 0 amide bonds. The zero-order valence-corrected chi connectivity index (χ0v) is 12.5. The van der Waals surface area contributed by atoms with Gasteiger partial charge in [-0.2, -0.15) is 5.26 Å². The smallest absolute Gasteiger partial charge is 0.303 e. The van der Waals surface area contributed by atoms with Gasteiger partial charge in [-0.25, -0.2) is 0 Å². The highest BCUT2D eigenvalue weighted by Gasteiger charge is 2.43. The molecule has 4 atom stereocenters. The Morgan fingerprint density at radius 1 is 1.29 bits per heavy atom. The number of hydrogen-bond donors (Lipinski definition) is 0. The Morgan fingerprint density at radius 3 is 2.48 bits per heavy atom. The summed E-state index contributed by atoms with van der Waals surface area (Å²) >= 11 is 0. The van der Waals surface area contributed by atoms with E-state index in [1.165, 1.54) is 21.0 Å². The van der Waals surface area contributed by atoms with E-state index in [0.717, 1.165) is 0 Å². The molecular formula is C14H21NO6. The lowest BCUT2D eigenvalue weighted by atomic mass is 9.98. The summed E-state index contributed by atoms with van der Waals surface area (Å²) in [6.07, 6.45) is -0.230. The van der Waals surface area contributed by atoms with Gasteiger partial charge in [0, 0.05) is 33.8 Å². The average molecular weight is 299 g/mol. The first-order valence-electron chi connectivity index (χ1n) is 6.87. The SMILES string of the molecule is CO[C@H]1O[C@H](CCCC#N)C[C@H](OC(C)=O)[C@H]1OC(C)=O. The van der Waals surface area contributed by atoms with Gasteiger partial charge in [-0.3, -0.25) is 9.59 Å². The molecular weight excluding hydrogens is 278 g/mol. The van der Waals surface area contributed by atoms with E-state index in [2.05, 4.69) is 6.07 Å². The topological polar surface area (TPSA) is 94.9 Å². The van der Waals surface area contributed by atoms with Crippen molar-refractivity contribution in [2.24, 2.45) is 0 Å². The van der Waals surface area contributed by atoms with E-state index >= 15 is 0 Å². The Labute approximate surface area is 124 Å². The molecule has 0 aromatic rings. The van der Waals surface area contributed by atoms with Crippen LogP contribution in [-0.4, -0.2) is 43.7 Å². The van der Waals surface area contributed by atoms with Gasteiger partial charge in [-0.15, -0.1) is 0 Å². The van der Waals surface area contributed by atoms with Crippen molar-refractivity contribution in [3.63, 3.8) is 0 Å². The second kappa shape index (κ2) is 8.60. The highest BCUT2D eigenvalue weighted by molar-refractivity contribution is 5.67. The number of nitriles is 1. The maximum absolute atomic E-state index is 11.2. The summed E-state index contributed by atoms with van der Waals surface area (Å²) in [5.41, 5.74) is 0. The third kappa shape index (κ3) is 5.69. The number of methoxy groups -OCH3 is 1. The first kappa shape index (κ1) is 17.4. The molecule has 0 bridgehead atoms. The van der Waals surface area contributed by atoms with Crippen LogP contribution in [0.3, 0.4) is 0 Å². The first-order chi connectivity index (χ1) is 9.97. The van der Waals surface area contributed by atoms with Gasteiger partial charge in [0.15, 0.2) is 12.4 Å². The van der Waals surface area contributed by atoms with Crippen LogP contribution in [0.25, 0.3) is 0 Å². The summed E-state index contributed by atoms with van der Waals surface area (Å²) in [7, 11) is 1.43. The molecule has 1 rings (SSSR count). The predicted octanol–water partition coefficient (Wildman–Crippen LogP) is 1.31. The molecule has 1 fully saturated rings. The van der Waals surface area contributed by atoms with E-state index in [0.29, 0.717) is 25.7 Å². The standard InChI is InChI=1S/C14H21NO6/c1-9(16)19-12-8-11(6-4-5-7-15)21-14(18-3)13(12)20-10(2)17/h11-14H,4-6,8H2,1-3H3/t11-,12+,13-,14+/m1/s1. The highest BCUT2D eigenvalue weighted by atomic mass is 16.7. The molecule has 7 nitrogen and oxygen atoms in total. The van der Waals surface area contributed by atoms with E-state index in [4.69, 9.17) is 24.2 Å². The number of hydrogen-bond acceptors (Lipinski definition) is 7. The summed E-state index contributed by atoms with van der Waals surface area (Å²) in [4.78, 5) is 22.4. The van der Waals surface area contributed by atoms with E-state index in [9.17, 15) is 9.59 Å². The number of ether oxygens (including phenoxy) is 4. The molecule has 0 spiro atoms. The molecule has 0 aliphatic carbocycles. The Morgan fingerprint density at radius 2 is 1.95 bits per heavy atom.